The largest absolute Gasteiger partial charge is 0.293 e. The Balaban J connectivity index is 3.18. The standard InChI is InChI=1S/C10H11NO3S/c1-7-3-4-9(11(13)14)8(5-7)10(12)6-15-2/h3-5H,6H2,1-2H3. The fourth-order valence-corrected chi connectivity index (χ4v) is 1.66. The minimum atomic E-state index is -0.521. The molecular weight excluding hydrogens is 214 g/mol. The summed E-state index contributed by atoms with van der Waals surface area (Å²) in [5.74, 6) is 0.0718. The highest BCUT2D eigenvalue weighted by atomic mass is 32.2. The Hall–Kier alpha value is -1.36. The van der Waals surface area contributed by atoms with E-state index < -0.39 is 4.92 Å². The van der Waals surface area contributed by atoms with Gasteiger partial charge in [0.05, 0.1) is 16.2 Å². The van der Waals surface area contributed by atoms with Gasteiger partial charge in [-0.05, 0) is 24.8 Å². The number of nitrogens with zero attached hydrogens (tertiary/aromatic N) is 1. The highest BCUT2D eigenvalue weighted by molar-refractivity contribution is 7.99. The van der Waals surface area contributed by atoms with Crippen molar-refractivity contribution in [3.8, 4) is 0 Å². The molecule has 5 heteroatoms. The Bertz CT molecular complexity index is 404. The molecule has 0 saturated heterocycles. The van der Waals surface area contributed by atoms with Crippen LogP contribution in [-0.2, 0) is 0 Å². The summed E-state index contributed by atoms with van der Waals surface area (Å²) < 4.78 is 0. The zero-order chi connectivity index (χ0) is 11.4. The van der Waals surface area contributed by atoms with Crippen molar-refractivity contribution in [2.45, 2.75) is 6.92 Å². The number of carbonyl (C=O) groups is 1. The van der Waals surface area contributed by atoms with Crippen molar-refractivity contribution in [2.24, 2.45) is 0 Å². The maximum absolute atomic E-state index is 11.6. The molecule has 0 amide bonds. The second kappa shape index (κ2) is 4.93. The third-order valence-electron chi connectivity index (χ3n) is 1.92. The molecule has 4 nitrogen and oxygen atoms in total. The van der Waals surface area contributed by atoms with Gasteiger partial charge >= 0.3 is 0 Å². The van der Waals surface area contributed by atoms with E-state index in [2.05, 4.69) is 0 Å². The highest BCUT2D eigenvalue weighted by Gasteiger charge is 2.19. The summed E-state index contributed by atoms with van der Waals surface area (Å²) in [5.41, 5.74) is 0.944. The molecule has 0 aliphatic carbocycles. The Labute approximate surface area is 91.8 Å². The molecule has 0 aliphatic heterocycles. The van der Waals surface area contributed by atoms with Crippen LogP contribution < -0.4 is 0 Å². The van der Waals surface area contributed by atoms with Gasteiger partial charge in [-0.2, -0.15) is 11.8 Å². The monoisotopic (exact) mass is 225 g/mol. The average Bonchev–Trinajstić information content (AvgIpc) is 2.17. The molecule has 1 aromatic rings. The number of rotatable bonds is 4. The van der Waals surface area contributed by atoms with Gasteiger partial charge in [-0.1, -0.05) is 6.07 Å². The van der Waals surface area contributed by atoms with Gasteiger partial charge in [-0.15, -0.1) is 0 Å². The number of nitro groups is 1. The van der Waals surface area contributed by atoms with Crippen molar-refractivity contribution in [3.63, 3.8) is 0 Å². The van der Waals surface area contributed by atoms with Crippen LogP contribution in [0.1, 0.15) is 15.9 Å². The van der Waals surface area contributed by atoms with Crippen molar-refractivity contribution in [3.05, 3.63) is 39.4 Å². The van der Waals surface area contributed by atoms with E-state index in [-0.39, 0.29) is 22.8 Å². The summed E-state index contributed by atoms with van der Waals surface area (Å²) in [6, 6.07) is 4.58. The summed E-state index contributed by atoms with van der Waals surface area (Å²) in [6.45, 7) is 1.81. The molecule has 0 atom stereocenters. The lowest BCUT2D eigenvalue weighted by Crippen LogP contribution is -2.06. The van der Waals surface area contributed by atoms with E-state index in [0.29, 0.717) is 0 Å². The fourth-order valence-electron chi connectivity index (χ4n) is 1.24. The minimum absolute atomic E-state index is 0.111. The Morgan fingerprint density at radius 2 is 2.20 bits per heavy atom. The molecule has 0 N–H and O–H groups in total. The topological polar surface area (TPSA) is 60.2 Å². The van der Waals surface area contributed by atoms with Crippen LogP contribution in [-0.4, -0.2) is 22.7 Å². The third-order valence-corrected chi connectivity index (χ3v) is 2.48. The average molecular weight is 225 g/mol. The van der Waals surface area contributed by atoms with Gasteiger partial charge in [0.15, 0.2) is 5.78 Å². The van der Waals surface area contributed by atoms with Crippen LogP contribution in [0, 0.1) is 17.0 Å². The number of nitro benzene ring substituents is 1. The number of aryl methyl sites for hydroxylation is 1. The molecule has 1 aromatic carbocycles. The van der Waals surface area contributed by atoms with Gasteiger partial charge in [-0.3, -0.25) is 14.9 Å². The summed E-state index contributed by atoms with van der Waals surface area (Å²) in [5, 5.41) is 10.7. The third kappa shape index (κ3) is 2.79. The molecule has 0 aromatic heterocycles. The molecule has 0 heterocycles. The van der Waals surface area contributed by atoms with E-state index in [0.717, 1.165) is 5.56 Å². The zero-order valence-corrected chi connectivity index (χ0v) is 9.34. The zero-order valence-electron chi connectivity index (χ0n) is 8.52. The van der Waals surface area contributed by atoms with E-state index in [9.17, 15) is 14.9 Å². The van der Waals surface area contributed by atoms with Gasteiger partial charge in [0.1, 0.15) is 0 Å². The molecule has 1 rings (SSSR count). The van der Waals surface area contributed by atoms with E-state index in [1.807, 2.05) is 0 Å². The number of benzene rings is 1. The summed E-state index contributed by atoms with van der Waals surface area (Å²) in [6.07, 6.45) is 1.79. The Kier molecular flexibility index (Phi) is 3.85. The van der Waals surface area contributed by atoms with Gasteiger partial charge in [-0.25, -0.2) is 0 Å². The highest BCUT2D eigenvalue weighted by Crippen LogP contribution is 2.21. The van der Waals surface area contributed by atoms with E-state index >= 15 is 0 Å². The number of Topliss-reactive ketones (excluding diaryl/α,β-unsaturated/α-hetero) is 1. The first kappa shape index (κ1) is 11.7. The maximum Gasteiger partial charge on any atom is 0.280 e. The van der Waals surface area contributed by atoms with Gasteiger partial charge < -0.3 is 0 Å². The number of hydrogen-bond acceptors (Lipinski definition) is 4. The van der Waals surface area contributed by atoms with Crippen LogP contribution >= 0.6 is 11.8 Å². The van der Waals surface area contributed by atoms with Crippen molar-refractivity contribution in [1.82, 2.24) is 0 Å². The number of hydrogen-bond donors (Lipinski definition) is 0. The summed E-state index contributed by atoms with van der Waals surface area (Å²) in [4.78, 5) is 21.8. The molecule has 0 saturated carbocycles. The molecule has 0 fully saturated rings. The Morgan fingerprint density at radius 1 is 1.53 bits per heavy atom. The number of carbonyl (C=O) groups excluding carboxylic acids is 1. The molecule has 0 spiro atoms. The van der Waals surface area contributed by atoms with Crippen LogP contribution in [0.5, 0.6) is 0 Å². The maximum atomic E-state index is 11.6. The van der Waals surface area contributed by atoms with Crippen LogP contribution in [0.25, 0.3) is 0 Å². The van der Waals surface area contributed by atoms with Crippen molar-refractivity contribution in [1.29, 1.82) is 0 Å². The van der Waals surface area contributed by atoms with Crippen molar-refractivity contribution in [2.75, 3.05) is 12.0 Å². The molecule has 0 bridgehead atoms. The fraction of sp³-hybridized carbons (Fsp3) is 0.300. The summed E-state index contributed by atoms with van der Waals surface area (Å²) >= 11 is 1.36. The molecule has 0 unspecified atom stereocenters. The van der Waals surface area contributed by atoms with Crippen LogP contribution in [0.2, 0.25) is 0 Å². The first-order chi connectivity index (χ1) is 7.06. The second-order valence-electron chi connectivity index (χ2n) is 3.13. The molecule has 0 radical (unpaired) electrons. The van der Waals surface area contributed by atoms with Crippen molar-refractivity contribution < 1.29 is 9.72 Å². The van der Waals surface area contributed by atoms with Gasteiger partial charge in [0.25, 0.3) is 5.69 Å². The normalized spacial score (nSPS) is 10.0. The lowest BCUT2D eigenvalue weighted by molar-refractivity contribution is -0.385. The van der Waals surface area contributed by atoms with Crippen molar-refractivity contribution >= 4 is 23.2 Å². The minimum Gasteiger partial charge on any atom is -0.293 e. The second-order valence-corrected chi connectivity index (χ2v) is 4.00. The predicted molar refractivity (Wildman–Crippen MR) is 60.5 cm³/mol. The summed E-state index contributed by atoms with van der Waals surface area (Å²) in [7, 11) is 0. The van der Waals surface area contributed by atoms with E-state index in [1.165, 1.54) is 17.8 Å². The number of thioether (sulfide) groups is 1. The van der Waals surface area contributed by atoms with Gasteiger partial charge in [0, 0.05) is 6.07 Å². The molecule has 15 heavy (non-hydrogen) atoms. The first-order valence-corrected chi connectivity index (χ1v) is 5.73. The molecular formula is C10H11NO3S. The predicted octanol–water partition coefficient (Wildman–Crippen LogP) is 2.45. The van der Waals surface area contributed by atoms with E-state index in [4.69, 9.17) is 0 Å². The lowest BCUT2D eigenvalue weighted by Gasteiger charge is -2.02. The lowest BCUT2D eigenvalue weighted by atomic mass is 10.1. The quantitative estimate of drug-likeness (QED) is 0.448. The Morgan fingerprint density at radius 3 is 2.73 bits per heavy atom. The van der Waals surface area contributed by atoms with Crippen LogP contribution in [0.3, 0.4) is 0 Å². The van der Waals surface area contributed by atoms with Crippen LogP contribution in [0.4, 0.5) is 5.69 Å². The molecule has 80 valence electrons. The van der Waals surface area contributed by atoms with Crippen LogP contribution in [0.15, 0.2) is 18.2 Å². The molecule has 0 aliphatic rings. The van der Waals surface area contributed by atoms with Gasteiger partial charge in [0.2, 0.25) is 0 Å². The smallest absolute Gasteiger partial charge is 0.280 e. The first-order valence-electron chi connectivity index (χ1n) is 4.33. The van der Waals surface area contributed by atoms with E-state index in [1.54, 1.807) is 25.3 Å². The number of ketones is 1. The SMILES string of the molecule is CSCC(=O)c1cc(C)ccc1[N+](=O)[O-].